The maximum absolute atomic E-state index is 8.75. The van der Waals surface area contributed by atoms with Gasteiger partial charge in [-0.2, -0.15) is 0 Å². The average molecular weight is 247 g/mol. The van der Waals surface area contributed by atoms with Gasteiger partial charge in [-0.15, -0.1) is 0 Å². The largest absolute Gasteiger partial charge is 0.390 e. The molecule has 0 fully saturated rings. The normalized spacial score (nSPS) is 10.4. The molecule has 0 aliphatic carbocycles. The van der Waals surface area contributed by atoms with Crippen molar-refractivity contribution in [3.63, 3.8) is 0 Å². The molecule has 0 atom stereocenters. The molecule has 0 amide bonds. The van der Waals surface area contributed by atoms with Crippen molar-refractivity contribution in [2.45, 2.75) is 6.61 Å². The fourth-order valence-electron chi connectivity index (χ4n) is 0.635. The van der Waals surface area contributed by atoms with Gasteiger partial charge in [0.05, 0.1) is 27.4 Å². The minimum Gasteiger partial charge on any atom is -0.390 e. The van der Waals surface area contributed by atoms with Crippen molar-refractivity contribution in [1.29, 1.82) is 0 Å². The third-order valence-corrected chi connectivity index (χ3v) is 2.92. The zero-order valence-corrected chi connectivity index (χ0v) is 8.64. The van der Waals surface area contributed by atoms with Crippen LogP contribution in [0.5, 0.6) is 0 Å². The highest BCUT2D eigenvalue weighted by Gasteiger charge is 2.13. The van der Waals surface area contributed by atoms with E-state index in [1.54, 1.807) is 0 Å². The van der Waals surface area contributed by atoms with E-state index in [9.17, 15) is 0 Å². The van der Waals surface area contributed by atoms with Gasteiger partial charge in [0.25, 0.3) is 0 Å². The van der Waals surface area contributed by atoms with Crippen LogP contribution in [0.25, 0.3) is 0 Å². The smallest absolute Gasteiger partial charge is 0.149 e. The molecule has 0 spiro atoms. The summed E-state index contributed by atoms with van der Waals surface area (Å²) in [6.45, 7) is -0.324. The summed E-state index contributed by atoms with van der Waals surface area (Å²) in [6.07, 6.45) is 0. The Hall–Kier alpha value is 0.270. The monoisotopic (exact) mass is 245 g/mol. The van der Waals surface area contributed by atoms with E-state index in [0.717, 1.165) is 0 Å². The molecular weight excluding hydrogens is 244 g/mol. The number of hydrogen-bond donors (Lipinski definition) is 1. The van der Waals surface area contributed by atoms with Crippen molar-refractivity contribution in [3.8, 4) is 0 Å². The SMILES string of the molecule is OCc1nc(Cl)c(Cl)c(Cl)c1Cl. The van der Waals surface area contributed by atoms with Crippen molar-refractivity contribution in [2.75, 3.05) is 0 Å². The van der Waals surface area contributed by atoms with E-state index >= 15 is 0 Å². The summed E-state index contributed by atoms with van der Waals surface area (Å²) in [7, 11) is 0. The fourth-order valence-corrected chi connectivity index (χ4v) is 1.46. The van der Waals surface area contributed by atoms with Gasteiger partial charge in [-0.25, -0.2) is 4.98 Å². The van der Waals surface area contributed by atoms with Crippen LogP contribution in [0.4, 0.5) is 0 Å². The van der Waals surface area contributed by atoms with Gasteiger partial charge in [0.1, 0.15) is 5.15 Å². The van der Waals surface area contributed by atoms with Gasteiger partial charge in [0.2, 0.25) is 0 Å². The molecule has 0 aromatic carbocycles. The number of rotatable bonds is 1. The van der Waals surface area contributed by atoms with E-state index in [0.29, 0.717) is 0 Å². The first-order chi connectivity index (χ1) is 5.57. The Morgan fingerprint density at radius 3 is 2.08 bits per heavy atom. The lowest BCUT2D eigenvalue weighted by molar-refractivity contribution is 0.277. The highest BCUT2D eigenvalue weighted by Crippen LogP contribution is 2.35. The number of aliphatic hydroxyl groups is 1. The van der Waals surface area contributed by atoms with Crippen molar-refractivity contribution in [3.05, 3.63) is 25.9 Å². The molecule has 2 nitrogen and oxygen atoms in total. The molecule has 1 aromatic rings. The van der Waals surface area contributed by atoms with Crippen molar-refractivity contribution < 1.29 is 5.11 Å². The van der Waals surface area contributed by atoms with Crippen LogP contribution in [-0.2, 0) is 6.61 Å². The number of nitrogens with zero attached hydrogens (tertiary/aromatic N) is 1. The molecular formula is C6H3Cl4NO. The predicted molar refractivity (Wildman–Crippen MR) is 50.2 cm³/mol. The van der Waals surface area contributed by atoms with Crippen LogP contribution in [0.15, 0.2) is 0 Å². The molecule has 12 heavy (non-hydrogen) atoms. The molecule has 1 heterocycles. The second-order valence-electron chi connectivity index (χ2n) is 1.95. The third kappa shape index (κ3) is 1.78. The molecule has 1 N–H and O–H groups in total. The summed E-state index contributed by atoms with van der Waals surface area (Å²) >= 11 is 22.5. The molecule has 1 aromatic heterocycles. The second-order valence-corrected chi connectivity index (χ2v) is 3.44. The predicted octanol–water partition coefficient (Wildman–Crippen LogP) is 3.19. The van der Waals surface area contributed by atoms with Gasteiger partial charge in [-0.3, -0.25) is 0 Å². The zero-order valence-electron chi connectivity index (χ0n) is 5.61. The molecule has 0 bridgehead atoms. The van der Waals surface area contributed by atoms with Gasteiger partial charge < -0.3 is 5.11 Å². The van der Waals surface area contributed by atoms with Gasteiger partial charge in [0, 0.05) is 0 Å². The van der Waals surface area contributed by atoms with Crippen molar-refractivity contribution in [1.82, 2.24) is 4.98 Å². The number of pyridine rings is 1. The first-order valence-electron chi connectivity index (χ1n) is 2.87. The Morgan fingerprint density at radius 2 is 1.58 bits per heavy atom. The number of hydrogen-bond acceptors (Lipinski definition) is 2. The van der Waals surface area contributed by atoms with Crippen molar-refractivity contribution in [2.24, 2.45) is 0 Å². The van der Waals surface area contributed by atoms with Gasteiger partial charge >= 0.3 is 0 Å². The first kappa shape index (κ1) is 10.4. The lowest BCUT2D eigenvalue weighted by Crippen LogP contribution is -1.92. The summed E-state index contributed by atoms with van der Waals surface area (Å²) in [6, 6.07) is 0. The Morgan fingerprint density at radius 1 is 1.00 bits per heavy atom. The van der Waals surface area contributed by atoms with E-state index in [1.165, 1.54) is 0 Å². The minimum atomic E-state index is -0.324. The molecule has 0 unspecified atom stereocenters. The maximum Gasteiger partial charge on any atom is 0.149 e. The third-order valence-electron chi connectivity index (χ3n) is 1.20. The van der Waals surface area contributed by atoms with E-state index in [2.05, 4.69) is 4.98 Å². The number of aliphatic hydroxyl groups excluding tert-OH is 1. The Balaban J connectivity index is 3.39. The van der Waals surface area contributed by atoms with Gasteiger partial charge in [0.15, 0.2) is 0 Å². The first-order valence-corrected chi connectivity index (χ1v) is 4.38. The standard InChI is InChI=1S/C6H3Cl4NO/c7-3-2(1-12)11-6(10)5(9)4(3)8/h12H,1H2. The van der Waals surface area contributed by atoms with E-state index in [1.807, 2.05) is 0 Å². The van der Waals surface area contributed by atoms with Crippen LogP contribution in [0, 0.1) is 0 Å². The van der Waals surface area contributed by atoms with Crippen LogP contribution < -0.4 is 0 Å². The number of halogens is 4. The Kier molecular flexibility index (Phi) is 3.44. The molecule has 0 radical (unpaired) electrons. The Bertz CT molecular complexity index is 315. The maximum atomic E-state index is 8.75. The highest BCUT2D eigenvalue weighted by molar-refractivity contribution is 6.51. The molecule has 0 saturated heterocycles. The molecule has 0 saturated carbocycles. The topological polar surface area (TPSA) is 33.1 Å². The average Bonchev–Trinajstić information content (AvgIpc) is 2.08. The zero-order chi connectivity index (χ0) is 9.30. The summed E-state index contributed by atoms with van der Waals surface area (Å²) in [4.78, 5) is 3.72. The van der Waals surface area contributed by atoms with Crippen LogP contribution in [-0.4, -0.2) is 10.1 Å². The van der Waals surface area contributed by atoms with E-state index in [4.69, 9.17) is 51.5 Å². The van der Waals surface area contributed by atoms with Gasteiger partial charge in [-0.1, -0.05) is 46.4 Å². The van der Waals surface area contributed by atoms with E-state index < -0.39 is 0 Å². The van der Waals surface area contributed by atoms with Gasteiger partial charge in [-0.05, 0) is 0 Å². The molecule has 66 valence electrons. The van der Waals surface area contributed by atoms with Crippen LogP contribution >= 0.6 is 46.4 Å². The summed E-state index contributed by atoms with van der Waals surface area (Å²) < 4.78 is 0. The molecule has 1 rings (SSSR count). The fraction of sp³-hybridized carbons (Fsp3) is 0.167. The summed E-state index contributed by atoms with van der Waals surface area (Å²) in [5, 5.41) is 9.13. The van der Waals surface area contributed by atoms with Crippen LogP contribution in [0.3, 0.4) is 0 Å². The Labute approximate surface area is 89.0 Å². The van der Waals surface area contributed by atoms with Crippen LogP contribution in [0.1, 0.15) is 5.69 Å². The second kappa shape index (κ2) is 3.99. The van der Waals surface area contributed by atoms with Crippen molar-refractivity contribution >= 4 is 46.4 Å². The molecule has 0 aliphatic rings. The highest BCUT2D eigenvalue weighted by atomic mass is 35.5. The summed E-state index contributed by atoms with van der Waals surface area (Å²) in [5.74, 6) is 0. The minimum absolute atomic E-state index is 0.0371. The van der Waals surface area contributed by atoms with E-state index in [-0.39, 0.29) is 32.5 Å². The quantitative estimate of drug-likeness (QED) is 0.773. The lowest BCUT2D eigenvalue weighted by Gasteiger charge is -2.04. The molecule has 0 aliphatic heterocycles. The number of aromatic nitrogens is 1. The molecule has 6 heteroatoms. The summed E-state index contributed by atoms with van der Waals surface area (Å²) in [5.41, 5.74) is 0.219. The lowest BCUT2D eigenvalue weighted by atomic mass is 10.3. The van der Waals surface area contributed by atoms with Crippen LogP contribution in [0.2, 0.25) is 20.2 Å².